The Kier molecular flexibility index (Phi) is 3.64. The Labute approximate surface area is 139 Å². The largest absolute Gasteiger partial charge is 0.370 e. The molecule has 1 heterocycles. The summed E-state index contributed by atoms with van der Waals surface area (Å²) in [5, 5.41) is 5.74. The number of thioether (sulfide) groups is 1. The van der Waals surface area contributed by atoms with Crippen LogP contribution in [0.3, 0.4) is 0 Å². The van der Waals surface area contributed by atoms with Crippen LogP contribution in [0, 0.1) is 0 Å². The van der Waals surface area contributed by atoms with E-state index in [9.17, 15) is 4.79 Å². The highest BCUT2D eigenvalue weighted by Crippen LogP contribution is 2.44. The number of rotatable bonds is 2. The van der Waals surface area contributed by atoms with Gasteiger partial charge in [0.1, 0.15) is 12.3 Å². The number of hydrogen-bond donors (Lipinski definition) is 1. The Morgan fingerprint density at radius 2 is 1.70 bits per heavy atom. The standard InChI is InChI=1S/C20H15NOS/c22-13-17-19(12-14-6-2-1-3-7-14)23-18-11-10-15-8-4-5-9-16(15)20(18)21-17/h1-13,17,21H. The molecule has 1 aliphatic heterocycles. The van der Waals surface area contributed by atoms with Gasteiger partial charge in [0.25, 0.3) is 0 Å². The maximum Gasteiger partial charge on any atom is 0.147 e. The van der Waals surface area contributed by atoms with Crippen molar-refractivity contribution in [2.75, 3.05) is 5.32 Å². The second-order valence-corrected chi connectivity index (χ2v) is 6.59. The summed E-state index contributed by atoms with van der Waals surface area (Å²) in [6, 6.07) is 22.3. The van der Waals surface area contributed by atoms with Crippen molar-refractivity contribution in [1.82, 2.24) is 0 Å². The Balaban J connectivity index is 1.81. The van der Waals surface area contributed by atoms with Gasteiger partial charge >= 0.3 is 0 Å². The molecule has 2 nitrogen and oxygen atoms in total. The van der Waals surface area contributed by atoms with Gasteiger partial charge in [0.05, 0.1) is 5.69 Å². The molecule has 1 N–H and O–H groups in total. The van der Waals surface area contributed by atoms with E-state index in [4.69, 9.17) is 0 Å². The van der Waals surface area contributed by atoms with E-state index in [1.54, 1.807) is 11.8 Å². The van der Waals surface area contributed by atoms with E-state index in [0.29, 0.717) is 0 Å². The Morgan fingerprint density at radius 1 is 0.913 bits per heavy atom. The third-order valence-electron chi connectivity index (χ3n) is 3.97. The lowest BCUT2D eigenvalue weighted by Gasteiger charge is -2.27. The van der Waals surface area contributed by atoms with Gasteiger partial charge in [-0.15, -0.1) is 0 Å². The third kappa shape index (κ3) is 2.64. The molecule has 3 aromatic rings. The van der Waals surface area contributed by atoms with Crippen LogP contribution in [-0.4, -0.2) is 12.3 Å². The molecule has 23 heavy (non-hydrogen) atoms. The van der Waals surface area contributed by atoms with Crippen LogP contribution >= 0.6 is 11.8 Å². The highest BCUT2D eigenvalue weighted by atomic mass is 32.2. The van der Waals surface area contributed by atoms with E-state index in [0.717, 1.165) is 32.7 Å². The van der Waals surface area contributed by atoms with Crippen LogP contribution in [-0.2, 0) is 4.79 Å². The van der Waals surface area contributed by atoms with E-state index in [-0.39, 0.29) is 6.04 Å². The van der Waals surface area contributed by atoms with E-state index in [1.165, 1.54) is 5.39 Å². The first-order valence-electron chi connectivity index (χ1n) is 7.53. The lowest BCUT2D eigenvalue weighted by Crippen LogP contribution is -2.25. The van der Waals surface area contributed by atoms with Crippen molar-refractivity contribution >= 4 is 40.6 Å². The second kappa shape index (κ2) is 5.94. The first-order chi connectivity index (χ1) is 11.3. The molecule has 0 saturated heterocycles. The number of carbonyl (C=O) groups is 1. The number of anilines is 1. The molecule has 3 aromatic carbocycles. The fourth-order valence-electron chi connectivity index (χ4n) is 2.84. The van der Waals surface area contributed by atoms with Crippen LogP contribution in [0.5, 0.6) is 0 Å². The predicted octanol–water partition coefficient (Wildman–Crippen LogP) is 4.97. The van der Waals surface area contributed by atoms with Crippen molar-refractivity contribution in [3.8, 4) is 0 Å². The topological polar surface area (TPSA) is 29.1 Å². The fourth-order valence-corrected chi connectivity index (χ4v) is 3.93. The van der Waals surface area contributed by atoms with Crippen LogP contribution in [0.25, 0.3) is 16.8 Å². The van der Waals surface area contributed by atoms with E-state index >= 15 is 0 Å². The minimum Gasteiger partial charge on any atom is -0.370 e. The molecule has 0 fully saturated rings. The Bertz CT molecular complexity index is 902. The van der Waals surface area contributed by atoms with Gasteiger partial charge in [-0.3, -0.25) is 0 Å². The molecule has 0 saturated carbocycles. The third-order valence-corrected chi connectivity index (χ3v) is 5.14. The predicted molar refractivity (Wildman–Crippen MR) is 97.7 cm³/mol. The van der Waals surface area contributed by atoms with Crippen molar-refractivity contribution in [1.29, 1.82) is 0 Å². The van der Waals surface area contributed by atoms with Crippen LogP contribution in [0.2, 0.25) is 0 Å². The molecule has 4 rings (SSSR count). The van der Waals surface area contributed by atoms with Crippen molar-refractivity contribution in [3.05, 3.63) is 77.2 Å². The quantitative estimate of drug-likeness (QED) is 0.677. The van der Waals surface area contributed by atoms with Crippen molar-refractivity contribution in [3.63, 3.8) is 0 Å². The first kappa shape index (κ1) is 14.1. The highest BCUT2D eigenvalue weighted by molar-refractivity contribution is 8.03. The minimum atomic E-state index is -0.307. The van der Waals surface area contributed by atoms with Gasteiger partial charge in [0.15, 0.2) is 0 Å². The van der Waals surface area contributed by atoms with Gasteiger partial charge in [0.2, 0.25) is 0 Å². The number of hydrogen-bond acceptors (Lipinski definition) is 3. The number of aldehydes is 1. The summed E-state index contributed by atoms with van der Waals surface area (Å²) >= 11 is 1.67. The zero-order valence-electron chi connectivity index (χ0n) is 12.4. The molecule has 0 bridgehead atoms. The maximum absolute atomic E-state index is 11.6. The lowest BCUT2D eigenvalue weighted by molar-refractivity contribution is -0.107. The molecule has 0 spiro atoms. The van der Waals surface area contributed by atoms with Gasteiger partial charge in [0, 0.05) is 15.2 Å². The Morgan fingerprint density at radius 3 is 2.52 bits per heavy atom. The smallest absolute Gasteiger partial charge is 0.147 e. The number of nitrogens with one attached hydrogen (secondary N) is 1. The fraction of sp³-hybridized carbons (Fsp3) is 0.0500. The minimum absolute atomic E-state index is 0.307. The zero-order chi connectivity index (χ0) is 15.6. The molecule has 3 heteroatoms. The summed E-state index contributed by atoms with van der Waals surface area (Å²) in [5.41, 5.74) is 2.16. The average molecular weight is 317 g/mol. The normalized spacial score (nSPS) is 18.4. The first-order valence-corrected chi connectivity index (χ1v) is 8.35. The summed E-state index contributed by atoms with van der Waals surface area (Å²) < 4.78 is 0. The molecule has 1 aliphatic rings. The molecule has 0 aliphatic carbocycles. The maximum atomic E-state index is 11.6. The lowest BCUT2D eigenvalue weighted by atomic mass is 10.1. The van der Waals surface area contributed by atoms with Crippen molar-refractivity contribution in [2.45, 2.75) is 10.9 Å². The van der Waals surface area contributed by atoms with Crippen molar-refractivity contribution in [2.24, 2.45) is 0 Å². The van der Waals surface area contributed by atoms with Crippen LogP contribution < -0.4 is 5.32 Å². The monoisotopic (exact) mass is 317 g/mol. The second-order valence-electron chi connectivity index (χ2n) is 5.48. The highest BCUT2D eigenvalue weighted by Gasteiger charge is 2.24. The van der Waals surface area contributed by atoms with E-state index < -0.39 is 0 Å². The molecule has 1 unspecified atom stereocenters. The van der Waals surface area contributed by atoms with E-state index in [1.807, 2.05) is 42.5 Å². The van der Waals surface area contributed by atoms with Crippen LogP contribution in [0.15, 0.2) is 76.5 Å². The van der Waals surface area contributed by atoms with Gasteiger partial charge in [-0.2, -0.15) is 0 Å². The molecule has 112 valence electrons. The molecule has 0 amide bonds. The number of carbonyl (C=O) groups excluding carboxylic acids is 1. The summed E-state index contributed by atoms with van der Waals surface area (Å²) in [6.45, 7) is 0. The molecule has 0 radical (unpaired) electrons. The molecular formula is C20H15NOS. The zero-order valence-corrected chi connectivity index (χ0v) is 13.2. The van der Waals surface area contributed by atoms with Gasteiger partial charge in [-0.25, -0.2) is 0 Å². The van der Waals surface area contributed by atoms with Gasteiger partial charge < -0.3 is 10.1 Å². The molecule has 1 atom stereocenters. The van der Waals surface area contributed by atoms with Gasteiger partial charge in [-0.1, -0.05) is 72.4 Å². The van der Waals surface area contributed by atoms with Crippen molar-refractivity contribution < 1.29 is 4.79 Å². The molecular weight excluding hydrogens is 302 g/mol. The van der Waals surface area contributed by atoms with Gasteiger partial charge in [-0.05, 0) is 23.1 Å². The number of benzene rings is 3. The molecule has 0 aromatic heterocycles. The summed E-state index contributed by atoms with van der Waals surface area (Å²) in [6.07, 6.45) is 3.06. The Hall–Kier alpha value is -2.52. The summed E-state index contributed by atoms with van der Waals surface area (Å²) in [5.74, 6) is 0. The summed E-state index contributed by atoms with van der Waals surface area (Å²) in [4.78, 5) is 13.8. The SMILES string of the molecule is O=CC1Nc2c(ccc3ccccc23)SC1=Cc1ccccc1. The van der Waals surface area contributed by atoms with Crippen LogP contribution in [0.4, 0.5) is 5.69 Å². The number of fused-ring (bicyclic) bond motifs is 3. The van der Waals surface area contributed by atoms with E-state index in [2.05, 4.69) is 35.7 Å². The van der Waals surface area contributed by atoms with Crippen LogP contribution in [0.1, 0.15) is 5.56 Å². The average Bonchev–Trinajstić information content (AvgIpc) is 2.62. The summed E-state index contributed by atoms with van der Waals surface area (Å²) in [7, 11) is 0.